The fourth-order valence-electron chi connectivity index (χ4n) is 2.15. The molecule has 3 aromatic rings. The molecule has 0 radical (unpaired) electrons. The summed E-state index contributed by atoms with van der Waals surface area (Å²) in [6.45, 7) is -0.222. The predicted octanol–water partition coefficient (Wildman–Crippen LogP) is 4.42. The van der Waals surface area contributed by atoms with Crippen LogP contribution in [0, 0.1) is 5.82 Å². The van der Waals surface area contributed by atoms with Gasteiger partial charge in [-0.1, -0.05) is 5.21 Å². The maximum atomic E-state index is 13.3. The summed E-state index contributed by atoms with van der Waals surface area (Å²) in [5.41, 5.74) is -2.43. The topological polar surface area (TPSA) is 52.8 Å². The molecule has 0 unspecified atom stereocenters. The predicted molar refractivity (Wildman–Crippen MR) is 79.9 cm³/mol. The molecule has 0 aliphatic rings. The Morgan fingerprint density at radius 3 is 2.32 bits per heavy atom. The number of rotatable bonds is 4. The summed E-state index contributed by atoms with van der Waals surface area (Å²) in [6, 6.07) is 4.13. The van der Waals surface area contributed by atoms with E-state index in [2.05, 4.69) is 15.3 Å². The number of hydrogen-bond donors (Lipinski definition) is 0. The summed E-state index contributed by atoms with van der Waals surface area (Å²) in [4.78, 5) is 3.22. The third-order valence-corrected chi connectivity index (χ3v) is 3.47. The SMILES string of the molecule is Fc1ccc(-n2cc(COc3ccc(C(F)(F)F)nc3)nn2)cc1C(F)(F)F. The van der Waals surface area contributed by atoms with Crippen LogP contribution in [0.2, 0.25) is 0 Å². The van der Waals surface area contributed by atoms with E-state index >= 15 is 0 Å². The van der Waals surface area contributed by atoms with E-state index in [1.54, 1.807) is 0 Å². The maximum absolute atomic E-state index is 13.3. The summed E-state index contributed by atoms with van der Waals surface area (Å²) in [6.07, 6.45) is -7.33. The van der Waals surface area contributed by atoms with E-state index in [1.165, 1.54) is 6.20 Å². The molecule has 148 valence electrons. The molecule has 1 aromatic carbocycles. The molecule has 0 saturated carbocycles. The summed E-state index contributed by atoms with van der Waals surface area (Å²) in [5, 5.41) is 7.32. The quantitative estimate of drug-likeness (QED) is 0.602. The Morgan fingerprint density at radius 1 is 0.964 bits per heavy atom. The molecule has 0 bridgehead atoms. The molecule has 28 heavy (non-hydrogen) atoms. The van der Waals surface area contributed by atoms with Crippen molar-refractivity contribution in [3.05, 3.63) is 65.5 Å². The highest BCUT2D eigenvalue weighted by molar-refractivity contribution is 5.37. The normalized spacial score (nSPS) is 12.2. The van der Waals surface area contributed by atoms with Crippen LogP contribution in [0.3, 0.4) is 0 Å². The molecular weight excluding hydrogens is 397 g/mol. The Labute approximate surface area is 152 Å². The number of alkyl halides is 6. The van der Waals surface area contributed by atoms with Gasteiger partial charge in [0.15, 0.2) is 0 Å². The van der Waals surface area contributed by atoms with Crippen molar-refractivity contribution in [2.45, 2.75) is 19.0 Å². The fourth-order valence-corrected chi connectivity index (χ4v) is 2.15. The second-order valence-corrected chi connectivity index (χ2v) is 5.48. The van der Waals surface area contributed by atoms with Gasteiger partial charge in [-0.3, -0.25) is 0 Å². The molecule has 0 saturated heterocycles. The van der Waals surface area contributed by atoms with Crippen molar-refractivity contribution in [1.82, 2.24) is 20.0 Å². The molecule has 0 atom stereocenters. The van der Waals surface area contributed by atoms with Crippen LogP contribution in [-0.4, -0.2) is 20.0 Å². The number of halogens is 7. The van der Waals surface area contributed by atoms with Gasteiger partial charge in [-0.2, -0.15) is 26.3 Å². The van der Waals surface area contributed by atoms with Crippen LogP contribution in [-0.2, 0) is 19.0 Å². The third kappa shape index (κ3) is 4.38. The zero-order valence-corrected chi connectivity index (χ0v) is 13.6. The van der Waals surface area contributed by atoms with E-state index in [4.69, 9.17) is 4.74 Å². The van der Waals surface area contributed by atoms with E-state index in [-0.39, 0.29) is 23.7 Å². The van der Waals surface area contributed by atoms with Gasteiger partial charge in [0.1, 0.15) is 29.6 Å². The number of pyridine rings is 1. The molecule has 2 heterocycles. The van der Waals surface area contributed by atoms with Gasteiger partial charge in [0.25, 0.3) is 0 Å². The van der Waals surface area contributed by atoms with Crippen LogP contribution < -0.4 is 4.74 Å². The molecule has 5 nitrogen and oxygen atoms in total. The molecule has 0 aliphatic heterocycles. The van der Waals surface area contributed by atoms with Gasteiger partial charge in [0, 0.05) is 0 Å². The Morgan fingerprint density at radius 2 is 1.71 bits per heavy atom. The van der Waals surface area contributed by atoms with Crippen LogP contribution in [0.15, 0.2) is 42.7 Å². The Kier molecular flexibility index (Phi) is 4.96. The molecule has 3 rings (SSSR count). The Bertz CT molecular complexity index is 964. The van der Waals surface area contributed by atoms with Gasteiger partial charge < -0.3 is 4.74 Å². The number of hydrogen-bond acceptors (Lipinski definition) is 4. The molecule has 0 spiro atoms. The number of aromatic nitrogens is 4. The molecule has 0 fully saturated rings. The minimum atomic E-state index is -4.87. The van der Waals surface area contributed by atoms with E-state index in [0.29, 0.717) is 12.1 Å². The lowest BCUT2D eigenvalue weighted by Crippen LogP contribution is -2.09. The minimum absolute atomic E-state index is 0.0312. The highest BCUT2D eigenvalue weighted by atomic mass is 19.4. The zero-order valence-electron chi connectivity index (χ0n) is 13.6. The van der Waals surface area contributed by atoms with E-state index < -0.39 is 29.4 Å². The van der Waals surface area contributed by atoms with E-state index in [1.807, 2.05) is 0 Å². The van der Waals surface area contributed by atoms with Gasteiger partial charge in [0.05, 0.1) is 23.6 Å². The average molecular weight is 406 g/mol. The fraction of sp³-hybridized carbons (Fsp3) is 0.188. The summed E-state index contributed by atoms with van der Waals surface area (Å²) in [5.74, 6) is -1.39. The summed E-state index contributed by atoms with van der Waals surface area (Å²) >= 11 is 0. The second kappa shape index (κ2) is 7.09. The van der Waals surface area contributed by atoms with Gasteiger partial charge in [-0.05, 0) is 30.3 Å². The number of ether oxygens (including phenoxy) is 1. The van der Waals surface area contributed by atoms with Crippen LogP contribution >= 0.6 is 0 Å². The van der Waals surface area contributed by atoms with Crippen LogP contribution in [0.1, 0.15) is 17.0 Å². The van der Waals surface area contributed by atoms with Gasteiger partial charge in [-0.25, -0.2) is 14.1 Å². The van der Waals surface area contributed by atoms with Gasteiger partial charge in [0.2, 0.25) is 0 Å². The summed E-state index contributed by atoms with van der Waals surface area (Å²) < 4.78 is 95.2. The molecule has 0 N–H and O–H groups in total. The van der Waals surface area contributed by atoms with Crippen molar-refractivity contribution in [2.75, 3.05) is 0 Å². The number of nitrogens with zero attached hydrogens (tertiary/aromatic N) is 4. The largest absolute Gasteiger partial charge is 0.486 e. The monoisotopic (exact) mass is 406 g/mol. The van der Waals surface area contributed by atoms with Crippen LogP contribution in [0.5, 0.6) is 5.75 Å². The first-order valence-electron chi connectivity index (χ1n) is 7.48. The van der Waals surface area contributed by atoms with Crippen molar-refractivity contribution in [2.24, 2.45) is 0 Å². The molecule has 2 aromatic heterocycles. The van der Waals surface area contributed by atoms with E-state index in [0.717, 1.165) is 29.1 Å². The van der Waals surface area contributed by atoms with Crippen molar-refractivity contribution in [1.29, 1.82) is 0 Å². The molecule has 0 aliphatic carbocycles. The van der Waals surface area contributed by atoms with Crippen molar-refractivity contribution in [3.8, 4) is 11.4 Å². The second-order valence-electron chi connectivity index (χ2n) is 5.48. The standard InChI is InChI=1S/C16H9F7N4O/c17-13-3-1-10(5-12(13)15(18,19)20)27-7-9(25-26-27)8-28-11-2-4-14(24-6-11)16(21,22)23/h1-7H,8H2. The van der Waals surface area contributed by atoms with Crippen molar-refractivity contribution in [3.63, 3.8) is 0 Å². The first kappa shape index (κ1) is 19.6. The lowest BCUT2D eigenvalue weighted by atomic mass is 10.2. The molecular formula is C16H9F7N4O. The van der Waals surface area contributed by atoms with Crippen LogP contribution in [0.25, 0.3) is 5.69 Å². The minimum Gasteiger partial charge on any atom is -0.486 e. The zero-order chi connectivity index (χ0) is 20.5. The average Bonchev–Trinajstić information content (AvgIpc) is 3.08. The smallest absolute Gasteiger partial charge is 0.433 e. The van der Waals surface area contributed by atoms with Crippen molar-refractivity contribution >= 4 is 0 Å². The summed E-state index contributed by atoms with van der Waals surface area (Å²) in [7, 11) is 0. The first-order chi connectivity index (χ1) is 13.0. The van der Waals surface area contributed by atoms with Crippen molar-refractivity contribution < 1.29 is 35.5 Å². The Balaban J connectivity index is 1.71. The lowest BCUT2D eigenvalue weighted by Gasteiger charge is -2.09. The highest BCUT2D eigenvalue weighted by Crippen LogP contribution is 2.32. The molecule has 12 heteroatoms. The third-order valence-electron chi connectivity index (χ3n) is 3.47. The first-order valence-corrected chi connectivity index (χ1v) is 7.48. The lowest BCUT2D eigenvalue weighted by molar-refractivity contribution is -0.141. The molecule has 0 amide bonds. The highest BCUT2D eigenvalue weighted by Gasteiger charge is 2.34. The number of benzene rings is 1. The van der Waals surface area contributed by atoms with Crippen LogP contribution in [0.4, 0.5) is 30.7 Å². The maximum Gasteiger partial charge on any atom is 0.433 e. The Hall–Kier alpha value is -3.18. The van der Waals surface area contributed by atoms with Gasteiger partial charge in [-0.15, -0.1) is 5.10 Å². The van der Waals surface area contributed by atoms with E-state index in [9.17, 15) is 30.7 Å². The van der Waals surface area contributed by atoms with Gasteiger partial charge >= 0.3 is 12.4 Å².